The highest BCUT2D eigenvalue weighted by Crippen LogP contribution is 2.24. The zero-order chi connectivity index (χ0) is 18.1. The standard InChI is InChI=1S/C21H28N4O/c1-15-11-19(12-17-6-3-8-22-21(15)17)23-18-7-10-24(13-18)14-20(26)25-9-4-5-16(25)2/h3,6,8,11-12,16,18,23H,4-5,7,9-10,13-14H2,1-2H3/t16-,18-/m1/s1. The van der Waals surface area contributed by atoms with Gasteiger partial charge >= 0.3 is 0 Å². The Morgan fingerprint density at radius 3 is 3.00 bits per heavy atom. The fourth-order valence-electron chi connectivity index (χ4n) is 4.37. The molecular weight excluding hydrogens is 324 g/mol. The van der Waals surface area contributed by atoms with Crippen molar-refractivity contribution in [2.45, 2.75) is 45.2 Å². The number of aromatic nitrogens is 1. The monoisotopic (exact) mass is 352 g/mol. The maximum atomic E-state index is 12.5. The lowest BCUT2D eigenvalue weighted by molar-refractivity contribution is -0.132. The number of anilines is 1. The first-order chi connectivity index (χ1) is 12.6. The number of hydrogen-bond acceptors (Lipinski definition) is 4. The van der Waals surface area contributed by atoms with Crippen LogP contribution in [-0.4, -0.2) is 59.0 Å². The summed E-state index contributed by atoms with van der Waals surface area (Å²) in [6.45, 7) is 7.68. The molecule has 0 radical (unpaired) electrons. The van der Waals surface area contributed by atoms with Gasteiger partial charge in [-0.15, -0.1) is 0 Å². The van der Waals surface area contributed by atoms with Crippen LogP contribution in [-0.2, 0) is 4.79 Å². The molecule has 0 aliphatic carbocycles. The molecule has 2 saturated heterocycles. The van der Waals surface area contributed by atoms with Crippen LogP contribution >= 0.6 is 0 Å². The van der Waals surface area contributed by atoms with E-state index in [0.717, 1.165) is 50.1 Å². The lowest BCUT2D eigenvalue weighted by atomic mass is 10.1. The molecule has 1 amide bonds. The largest absolute Gasteiger partial charge is 0.381 e. The van der Waals surface area contributed by atoms with Gasteiger partial charge in [0.05, 0.1) is 12.1 Å². The highest BCUT2D eigenvalue weighted by molar-refractivity contribution is 5.85. The number of benzene rings is 1. The number of likely N-dealkylation sites (tertiary alicyclic amines) is 2. The zero-order valence-corrected chi connectivity index (χ0v) is 15.7. The molecular formula is C21H28N4O. The summed E-state index contributed by atoms with van der Waals surface area (Å²) >= 11 is 0. The molecule has 138 valence electrons. The number of rotatable bonds is 4. The number of carbonyl (C=O) groups is 1. The summed E-state index contributed by atoms with van der Waals surface area (Å²) in [5, 5.41) is 4.83. The third kappa shape index (κ3) is 3.54. The van der Waals surface area contributed by atoms with Crippen LogP contribution in [0.15, 0.2) is 30.5 Å². The smallest absolute Gasteiger partial charge is 0.236 e. The molecule has 26 heavy (non-hydrogen) atoms. The number of pyridine rings is 1. The highest BCUT2D eigenvalue weighted by Gasteiger charge is 2.29. The SMILES string of the molecule is Cc1cc(N[C@@H]2CCN(CC(=O)N3CCC[C@H]3C)C2)cc2cccnc12. The van der Waals surface area contributed by atoms with Gasteiger partial charge < -0.3 is 10.2 Å². The van der Waals surface area contributed by atoms with E-state index in [9.17, 15) is 4.79 Å². The van der Waals surface area contributed by atoms with Crippen LogP contribution in [0, 0.1) is 6.92 Å². The highest BCUT2D eigenvalue weighted by atomic mass is 16.2. The van der Waals surface area contributed by atoms with Crippen molar-refractivity contribution in [2.24, 2.45) is 0 Å². The van der Waals surface area contributed by atoms with E-state index in [1.165, 1.54) is 10.9 Å². The maximum Gasteiger partial charge on any atom is 0.236 e. The molecule has 5 nitrogen and oxygen atoms in total. The van der Waals surface area contributed by atoms with E-state index >= 15 is 0 Å². The second kappa shape index (κ2) is 7.23. The van der Waals surface area contributed by atoms with Gasteiger partial charge in [0, 0.05) is 49.0 Å². The first-order valence-corrected chi connectivity index (χ1v) is 9.74. The fraction of sp³-hybridized carbons (Fsp3) is 0.524. The number of hydrogen-bond donors (Lipinski definition) is 1. The van der Waals surface area contributed by atoms with Crippen molar-refractivity contribution >= 4 is 22.5 Å². The maximum absolute atomic E-state index is 12.5. The Morgan fingerprint density at radius 1 is 1.31 bits per heavy atom. The quantitative estimate of drug-likeness (QED) is 0.919. The van der Waals surface area contributed by atoms with Crippen molar-refractivity contribution in [2.75, 3.05) is 31.5 Å². The van der Waals surface area contributed by atoms with E-state index in [-0.39, 0.29) is 0 Å². The van der Waals surface area contributed by atoms with Crippen molar-refractivity contribution in [3.05, 3.63) is 36.0 Å². The van der Waals surface area contributed by atoms with Crippen LogP contribution in [0.3, 0.4) is 0 Å². The molecule has 2 atom stereocenters. The number of fused-ring (bicyclic) bond motifs is 1. The van der Waals surface area contributed by atoms with Gasteiger partial charge in [0.1, 0.15) is 0 Å². The Balaban J connectivity index is 1.36. The number of amides is 1. The van der Waals surface area contributed by atoms with E-state index in [2.05, 4.69) is 52.1 Å². The molecule has 4 rings (SSSR count). The fourth-order valence-corrected chi connectivity index (χ4v) is 4.37. The average Bonchev–Trinajstić information content (AvgIpc) is 3.24. The normalized spacial score (nSPS) is 23.7. The molecule has 0 unspecified atom stereocenters. The third-order valence-corrected chi connectivity index (χ3v) is 5.77. The summed E-state index contributed by atoms with van der Waals surface area (Å²) in [5.41, 5.74) is 3.41. The van der Waals surface area contributed by atoms with Crippen LogP contribution in [0.1, 0.15) is 31.7 Å². The minimum atomic E-state index is 0.295. The third-order valence-electron chi connectivity index (χ3n) is 5.77. The van der Waals surface area contributed by atoms with Crippen molar-refractivity contribution in [1.29, 1.82) is 0 Å². The molecule has 1 aromatic carbocycles. The Morgan fingerprint density at radius 2 is 2.19 bits per heavy atom. The molecule has 3 heterocycles. The molecule has 0 saturated carbocycles. The predicted octanol–water partition coefficient (Wildman–Crippen LogP) is 3.04. The summed E-state index contributed by atoms with van der Waals surface area (Å²) in [7, 11) is 0. The van der Waals surface area contributed by atoms with Crippen LogP contribution < -0.4 is 5.32 Å². The average molecular weight is 352 g/mol. The zero-order valence-electron chi connectivity index (χ0n) is 15.7. The van der Waals surface area contributed by atoms with Crippen LogP contribution in [0.4, 0.5) is 5.69 Å². The number of nitrogens with one attached hydrogen (secondary N) is 1. The van der Waals surface area contributed by atoms with Crippen molar-refractivity contribution < 1.29 is 4.79 Å². The molecule has 1 aromatic heterocycles. The van der Waals surface area contributed by atoms with Crippen molar-refractivity contribution in [3.63, 3.8) is 0 Å². The minimum Gasteiger partial charge on any atom is -0.381 e. The van der Waals surface area contributed by atoms with Gasteiger partial charge in [-0.25, -0.2) is 0 Å². The van der Waals surface area contributed by atoms with Gasteiger partial charge in [0.15, 0.2) is 0 Å². The topological polar surface area (TPSA) is 48.5 Å². The summed E-state index contributed by atoms with van der Waals surface area (Å²) in [6, 6.07) is 9.25. The van der Waals surface area contributed by atoms with Crippen molar-refractivity contribution in [1.82, 2.24) is 14.8 Å². The van der Waals surface area contributed by atoms with Crippen molar-refractivity contribution in [3.8, 4) is 0 Å². The summed E-state index contributed by atoms with van der Waals surface area (Å²) in [4.78, 5) is 21.3. The van der Waals surface area contributed by atoms with Gasteiger partial charge in [-0.1, -0.05) is 6.07 Å². The van der Waals surface area contributed by atoms with E-state index in [1.54, 1.807) is 0 Å². The van der Waals surface area contributed by atoms with E-state index in [0.29, 0.717) is 24.5 Å². The lowest BCUT2D eigenvalue weighted by Gasteiger charge is -2.24. The molecule has 0 spiro atoms. The van der Waals surface area contributed by atoms with Gasteiger partial charge in [-0.2, -0.15) is 0 Å². The lowest BCUT2D eigenvalue weighted by Crippen LogP contribution is -2.41. The van der Waals surface area contributed by atoms with Crippen LogP contribution in [0.25, 0.3) is 10.9 Å². The van der Waals surface area contributed by atoms with E-state index < -0.39 is 0 Å². The summed E-state index contributed by atoms with van der Waals surface area (Å²) in [6.07, 6.45) is 5.21. The number of carbonyl (C=O) groups excluding carboxylic acids is 1. The van der Waals surface area contributed by atoms with Gasteiger partial charge in [0.2, 0.25) is 5.91 Å². The van der Waals surface area contributed by atoms with Gasteiger partial charge in [-0.3, -0.25) is 14.7 Å². The second-order valence-electron chi connectivity index (χ2n) is 7.81. The molecule has 0 bridgehead atoms. The Bertz CT molecular complexity index is 806. The van der Waals surface area contributed by atoms with E-state index in [4.69, 9.17) is 0 Å². The molecule has 2 fully saturated rings. The second-order valence-corrected chi connectivity index (χ2v) is 7.81. The van der Waals surface area contributed by atoms with Crippen LogP contribution in [0.2, 0.25) is 0 Å². The summed E-state index contributed by atoms with van der Waals surface area (Å²) in [5.74, 6) is 0.295. The Labute approximate surface area is 155 Å². The molecule has 2 aromatic rings. The molecule has 2 aliphatic rings. The van der Waals surface area contributed by atoms with Gasteiger partial charge in [0.25, 0.3) is 0 Å². The molecule has 2 aliphatic heterocycles. The van der Waals surface area contributed by atoms with E-state index in [1.807, 2.05) is 12.3 Å². The summed E-state index contributed by atoms with van der Waals surface area (Å²) < 4.78 is 0. The minimum absolute atomic E-state index is 0.295. The Kier molecular flexibility index (Phi) is 4.81. The molecule has 5 heteroatoms. The van der Waals surface area contributed by atoms with Gasteiger partial charge in [-0.05, 0) is 56.9 Å². The number of aryl methyl sites for hydroxylation is 1. The predicted molar refractivity (Wildman–Crippen MR) is 105 cm³/mol. The Hall–Kier alpha value is -2.14. The first kappa shape index (κ1) is 17.3. The number of nitrogens with zero attached hydrogens (tertiary/aromatic N) is 3. The van der Waals surface area contributed by atoms with Crippen LogP contribution in [0.5, 0.6) is 0 Å². The first-order valence-electron chi connectivity index (χ1n) is 9.74. The molecule has 1 N–H and O–H groups in total.